The number of aliphatic hydroxyl groups excluding tert-OH is 1. The van der Waals surface area contributed by atoms with E-state index < -0.39 is 11.5 Å². The average molecular weight is 609 g/mol. The number of fused-ring (bicyclic) bond motifs is 2. The molecule has 45 heavy (non-hydrogen) atoms. The maximum atomic E-state index is 13.8. The monoisotopic (exact) mass is 608 g/mol. The lowest BCUT2D eigenvalue weighted by Gasteiger charge is -2.44. The number of nitrogens with zero attached hydrogens (tertiary/aromatic N) is 3. The fourth-order valence-corrected chi connectivity index (χ4v) is 6.14. The number of amides is 2. The number of carbonyl (C=O) groups is 3. The zero-order valence-electron chi connectivity index (χ0n) is 25.3. The summed E-state index contributed by atoms with van der Waals surface area (Å²) in [7, 11) is 0. The number of primary amides is 1. The van der Waals surface area contributed by atoms with Crippen molar-refractivity contribution in [2.45, 2.75) is 50.5 Å². The first kappa shape index (κ1) is 30.2. The summed E-state index contributed by atoms with van der Waals surface area (Å²) in [6.07, 6.45) is 9.89. The molecule has 10 heteroatoms. The second-order valence-electron chi connectivity index (χ2n) is 11.7. The zero-order valence-corrected chi connectivity index (χ0v) is 25.3. The van der Waals surface area contributed by atoms with Crippen LogP contribution in [-0.2, 0) is 4.79 Å². The molecular formula is C35H36N4O6. The van der Waals surface area contributed by atoms with Gasteiger partial charge in [-0.3, -0.25) is 19.4 Å². The molecule has 1 spiro atoms. The maximum Gasteiger partial charge on any atom is 0.272 e. The van der Waals surface area contributed by atoms with Crippen LogP contribution in [0.3, 0.4) is 0 Å². The fraction of sp³-hybridized carbons (Fsp3) is 0.343. The molecule has 2 aromatic heterocycles. The molecule has 1 aliphatic carbocycles. The quantitative estimate of drug-likeness (QED) is 0.267. The smallest absolute Gasteiger partial charge is 0.272 e. The summed E-state index contributed by atoms with van der Waals surface area (Å²) in [4.78, 5) is 50.0. The van der Waals surface area contributed by atoms with Gasteiger partial charge < -0.3 is 25.2 Å². The Kier molecular flexibility index (Phi) is 8.24. The van der Waals surface area contributed by atoms with Gasteiger partial charge in [-0.15, -0.1) is 0 Å². The Hall–Kier alpha value is -4.83. The van der Waals surface area contributed by atoms with Gasteiger partial charge in [-0.05, 0) is 55.2 Å². The minimum absolute atomic E-state index is 0.0295. The molecule has 0 unspecified atom stereocenters. The molecule has 10 nitrogen and oxygen atoms in total. The van der Waals surface area contributed by atoms with E-state index in [-0.39, 0.29) is 42.6 Å². The van der Waals surface area contributed by atoms with Crippen LogP contribution in [0.25, 0.3) is 16.5 Å². The van der Waals surface area contributed by atoms with Crippen LogP contribution in [0.2, 0.25) is 0 Å². The maximum absolute atomic E-state index is 13.8. The van der Waals surface area contributed by atoms with Crippen LogP contribution >= 0.6 is 0 Å². The molecule has 4 heterocycles. The number of likely N-dealkylation sites (tertiary alicyclic amines) is 1. The molecule has 1 saturated carbocycles. The van der Waals surface area contributed by atoms with Crippen molar-refractivity contribution in [3.05, 3.63) is 89.4 Å². The van der Waals surface area contributed by atoms with Crippen molar-refractivity contribution in [3.63, 3.8) is 0 Å². The summed E-state index contributed by atoms with van der Waals surface area (Å²) in [6.45, 7) is 6.25. The van der Waals surface area contributed by atoms with Gasteiger partial charge in [-0.25, -0.2) is 4.98 Å². The van der Waals surface area contributed by atoms with E-state index in [0.717, 1.165) is 35.1 Å². The van der Waals surface area contributed by atoms with Crippen molar-refractivity contribution < 1.29 is 29.0 Å². The van der Waals surface area contributed by atoms with Crippen LogP contribution in [0.4, 0.5) is 0 Å². The number of ether oxygens (including phenoxy) is 2. The van der Waals surface area contributed by atoms with Crippen LogP contribution in [0.1, 0.15) is 77.0 Å². The molecule has 2 fully saturated rings. The first-order valence-electron chi connectivity index (χ1n) is 15.3. The Balaban J connectivity index is 1.20. The lowest BCUT2D eigenvalue weighted by Crippen LogP contribution is -2.52. The number of piperidine rings is 1. The number of hydrogen-bond acceptors (Lipinski definition) is 8. The van der Waals surface area contributed by atoms with E-state index in [1.807, 2.05) is 25.1 Å². The average Bonchev–Trinajstić information content (AvgIpc) is 3.89. The molecule has 3 N–H and O–H groups in total. The molecule has 232 valence electrons. The van der Waals surface area contributed by atoms with Gasteiger partial charge in [-0.1, -0.05) is 24.8 Å². The van der Waals surface area contributed by atoms with E-state index >= 15 is 0 Å². The Morgan fingerprint density at radius 3 is 2.67 bits per heavy atom. The minimum Gasteiger partial charge on any atom is -0.490 e. The van der Waals surface area contributed by atoms with Crippen molar-refractivity contribution >= 4 is 34.1 Å². The summed E-state index contributed by atoms with van der Waals surface area (Å²) < 4.78 is 12.3. The number of nitrogens with two attached hydrogens (primary N) is 1. The fourth-order valence-electron chi connectivity index (χ4n) is 6.14. The van der Waals surface area contributed by atoms with E-state index in [9.17, 15) is 19.5 Å². The number of benzene rings is 1. The van der Waals surface area contributed by atoms with Crippen molar-refractivity contribution in [2.75, 3.05) is 26.3 Å². The zero-order chi connectivity index (χ0) is 31.7. The van der Waals surface area contributed by atoms with Gasteiger partial charge in [0.1, 0.15) is 29.4 Å². The molecule has 3 aromatic rings. The number of Topliss-reactive ketones (excluding diaryl/α,β-unsaturated/α-hetero) is 1. The predicted molar refractivity (Wildman–Crippen MR) is 169 cm³/mol. The standard InChI is InChI=1S/C35H36N4O6/c1-3-21(17-22(4-2)33(36)42)24-7-8-29-26(18-24)28(41)20-35(45-29)10-13-39(14-11-35)34(43)27-19-30(44-16-15-40)25-9-12-37-31(23-5-6-23)32(25)38-27/h3-4,7-9,12,17-19,23,40H,2,5-6,10-11,13-16,20H2,1H3,(H2,36,42)/b21-3+,22-17+. The number of carbonyl (C=O) groups excluding carboxylic acids is 3. The SMILES string of the molecule is C=C/C(=C\C(=C/C)c1ccc2c(c1)C(=O)CC1(CCN(C(=O)c3cc(OCCO)c4ccnc(C5CC5)c4n3)CC1)O2)C(N)=O. The largest absolute Gasteiger partial charge is 0.490 e. The van der Waals surface area contributed by atoms with Gasteiger partial charge in [0.25, 0.3) is 5.91 Å². The van der Waals surface area contributed by atoms with Crippen molar-refractivity contribution in [3.8, 4) is 11.5 Å². The van der Waals surface area contributed by atoms with Crippen molar-refractivity contribution in [1.29, 1.82) is 0 Å². The lowest BCUT2D eigenvalue weighted by molar-refractivity contribution is -0.114. The molecule has 6 rings (SSSR count). The highest BCUT2D eigenvalue weighted by Gasteiger charge is 2.44. The summed E-state index contributed by atoms with van der Waals surface area (Å²) in [6, 6.07) is 8.89. The summed E-state index contributed by atoms with van der Waals surface area (Å²) in [5, 5.41) is 10.1. The van der Waals surface area contributed by atoms with Gasteiger partial charge in [0.05, 0.1) is 29.8 Å². The Labute approximate surface area is 261 Å². The summed E-state index contributed by atoms with van der Waals surface area (Å²) in [5.41, 5.74) is 8.79. The molecule has 0 bridgehead atoms. The van der Waals surface area contributed by atoms with Gasteiger partial charge in [0, 0.05) is 55.1 Å². The first-order valence-corrected chi connectivity index (χ1v) is 15.3. The number of aromatic nitrogens is 2. The second-order valence-corrected chi connectivity index (χ2v) is 11.7. The number of hydrogen-bond donors (Lipinski definition) is 2. The predicted octanol–water partition coefficient (Wildman–Crippen LogP) is 4.52. The summed E-state index contributed by atoms with van der Waals surface area (Å²) >= 11 is 0. The van der Waals surface area contributed by atoms with E-state index in [1.54, 1.807) is 35.4 Å². The van der Waals surface area contributed by atoms with Gasteiger partial charge >= 0.3 is 0 Å². The van der Waals surface area contributed by atoms with Gasteiger partial charge in [-0.2, -0.15) is 0 Å². The second kappa shape index (κ2) is 12.3. The topological polar surface area (TPSA) is 145 Å². The van der Waals surface area contributed by atoms with E-state index in [4.69, 9.17) is 20.2 Å². The number of ketones is 1. The Morgan fingerprint density at radius 2 is 2.00 bits per heavy atom. The summed E-state index contributed by atoms with van der Waals surface area (Å²) in [5.74, 6) is 0.501. The normalized spacial score (nSPS) is 18.0. The van der Waals surface area contributed by atoms with Crippen LogP contribution in [0.5, 0.6) is 11.5 Å². The Morgan fingerprint density at radius 1 is 1.22 bits per heavy atom. The number of pyridine rings is 2. The van der Waals surface area contributed by atoms with E-state index in [2.05, 4.69) is 11.6 Å². The molecule has 2 amide bonds. The lowest BCUT2D eigenvalue weighted by atomic mass is 9.82. The van der Waals surface area contributed by atoms with Crippen LogP contribution < -0.4 is 15.2 Å². The third-order valence-corrected chi connectivity index (χ3v) is 8.76. The first-order chi connectivity index (χ1) is 21.8. The third-order valence-electron chi connectivity index (χ3n) is 8.76. The molecule has 0 atom stereocenters. The van der Waals surface area contributed by atoms with E-state index in [0.29, 0.717) is 54.4 Å². The highest BCUT2D eigenvalue weighted by atomic mass is 16.5. The third kappa shape index (κ3) is 5.98. The van der Waals surface area contributed by atoms with Gasteiger partial charge in [0.15, 0.2) is 5.78 Å². The molecule has 1 aromatic carbocycles. The highest BCUT2D eigenvalue weighted by molar-refractivity contribution is 6.02. The number of aliphatic hydroxyl groups is 1. The molecule has 1 saturated heterocycles. The minimum atomic E-state index is -0.705. The van der Waals surface area contributed by atoms with Crippen molar-refractivity contribution in [2.24, 2.45) is 5.73 Å². The Bertz CT molecular complexity index is 1770. The molecule has 2 aliphatic heterocycles. The molecule has 0 radical (unpaired) electrons. The number of allylic oxidation sites excluding steroid dienone is 3. The van der Waals surface area contributed by atoms with Crippen LogP contribution in [-0.4, -0.2) is 69.5 Å². The van der Waals surface area contributed by atoms with Gasteiger partial charge in [0.2, 0.25) is 5.91 Å². The molecular weight excluding hydrogens is 572 g/mol. The van der Waals surface area contributed by atoms with Crippen molar-refractivity contribution in [1.82, 2.24) is 14.9 Å². The van der Waals surface area contributed by atoms with Crippen LogP contribution in [0, 0.1) is 0 Å². The van der Waals surface area contributed by atoms with Crippen LogP contribution in [0.15, 0.2) is 66.9 Å². The molecule has 3 aliphatic rings. The highest BCUT2D eigenvalue weighted by Crippen LogP contribution is 2.43. The van der Waals surface area contributed by atoms with E-state index in [1.165, 1.54) is 6.08 Å². The number of rotatable bonds is 9.